The minimum Gasteiger partial charge on any atom is -0.504 e. The van der Waals surface area contributed by atoms with Gasteiger partial charge in [-0.15, -0.1) is 0 Å². The van der Waals surface area contributed by atoms with Crippen LogP contribution in [0.1, 0.15) is 6.42 Å². The number of aliphatic carboxylic acids is 1. The number of aromatic nitrogens is 1. The predicted molar refractivity (Wildman–Crippen MR) is 79.1 cm³/mol. The maximum absolute atomic E-state index is 10.4. The van der Waals surface area contributed by atoms with Crippen molar-refractivity contribution >= 4 is 29.2 Å². The lowest BCUT2D eigenvalue weighted by atomic mass is 10.1. The van der Waals surface area contributed by atoms with Crippen LogP contribution in [0.25, 0.3) is 11.3 Å². The van der Waals surface area contributed by atoms with Crippen molar-refractivity contribution in [3.63, 3.8) is 0 Å². The van der Waals surface area contributed by atoms with Gasteiger partial charge >= 0.3 is 5.97 Å². The topological polar surface area (TPSA) is 79.7 Å². The summed E-state index contributed by atoms with van der Waals surface area (Å²) >= 11 is 11.8. The molecule has 0 unspecified atom stereocenters. The summed E-state index contributed by atoms with van der Waals surface area (Å²) in [6.07, 6.45) is 1.31. The second-order valence-corrected chi connectivity index (χ2v) is 5.00. The highest BCUT2D eigenvalue weighted by Crippen LogP contribution is 2.34. The van der Waals surface area contributed by atoms with Crippen molar-refractivity contribution in [2.24, 2.45) is 0 Å². The Labute approximate surface area is 130 Å². The highest BCUT2D eigenvalue weighted by molar-refractivity contribution is 6.36. The fraction of sp³-hybridized carbons (Fsp3) is 0.143. The average Bonchev–Trinajstić information content (AvgIpc) is 2.40. The van der Waals surface area contributed by atoms with Crippen LogP contribution in [0, 0.1) is 0 Å². The lowest BCUT2D eigenvalue weighted by Crippen LogP contribution is -2.04. The number of phenols is 1. The van der Waals surface area contributed by atoms with Gasteiger partial charge in [0.05, 0.1) is 28.8 Å². The molecular weight excluding hydrogens is 317 g/mol. The monoisotopic (exact) mass is 327 g/mol. The third-order valence-corrected chi connectivity index (χ3v) is 3.11. The van der Waals surface area contributed by atoms with Gasteiger partial charge in [0.15, 0.2) is 11.5 Å². The largest absolute Gasteiger partial charge is 0.504 e. The Hall–Kier alpha value is -1.98. The second-order valence-electron chi connectivity index (χ2n) is 4.16. The first-order valence-corrected chi connectivity index (χ1v) is 6.72. The number of hydrogen-bond acceptors (Lipinski definition) is 4. The number of phenolic OH excluding ortho intramolecular Hbond substituents is 1. The number of carboxylic acid groups (broad SMARTS) is 1. The number of hydrogen-bond donors (Lipinski definition) is 2. The molecule has 0 saturated heterocycles. The maximum Gasteiger partial charge on any atom is 0.306 e. The van der Waals surface area contributed by atoms with Crippen LogP contribution in [0.3, 0.4) is 0 Å². The third kappa shape index (κ3) is 4.00. The van der Waals surface area contributed by atoms with Gasteiger partial charge in [-0.2, -0.15) is 0 Å². The first-order valence-electron chi connectivity index (χ1n) is 5.96. The molecule has 0 bridgehead atoms. The van der Waals surface area contributed by atoms with E-state index in [1.165, 1.54) is 18.3 Å². The molecule has 0 radical (unpaired) electrons. The molecular formula is C14H11Cl2NO4. The minimum atomic E-state index is -0.969. The van der Waals surface area contributed by atoms with E-state index < -0.39 is 5.97 Å². The summed E-state index contributed by atoms with van der Waals surface area (Å²) in [5.41, 5.74) is 1.08. The van der Waals surface area contributed by atoms with Gasteiger partial charge in [-0.05, 0) is 24.3 Å². The van der Waals surface area contributed by atoms with Crippen molar-refractivity contribution in [3.05, 3.63) is 40.5 Å². The highest BCUT2D eigenvalue weighted by Gasteiger charge is 2.10. The summed E-state index contributed by atoms with van der Waals surface area (Å²) in [6.45, 7) is -0.0256. The molecule has 0 aliphatic heterocycles. The van der Waals surface area contributed by atoms with Crippen molar-refractivity contribution in [3.8, 4) is 22.8 Å². The van der Waals surface area contributed by atoms with E-state index in [2.05, 4.69) is 4.98 Å². The lowest BCUT2D eigenvalue weighted by molar-refractivity contribution is -0.137. The molecule has 0 amide bonds. The Morgan fingerprint density at radius 2 is 2.05 bits per heavy atom. The molecule has 0 aliphatic rings. The van der Waals surface area contributed by atoms with Crippen LogP contribution < -0.4 is 4.74 Å². The fourth-order valence-corrected chi connectivity index (χ4v) is 2.15. The van der Waals surface area contributed by atoms with Gasteiger partial charge in [0.25, 0.3) is 0 Å². The van der Waals surface area contributed by atoms with E-state index in [0.29, 0.717) is 21.3 Å². The molecule has 0 fully saturated rings. The molecule has 21 heavy (non-hydrogen) atoms. The van der Waals surface area contributed by atoms with E-state index >= 15 is 0 Å². The normalized spacial score (nSPS) is 10.4. The SMILES string of the molecule is O=C(O)CCOc1ccc(-c2ncc(Cl)cc2Cl)cc1O. The van der Waals surface area contributed by atoms with Gasteiger partial charge in [0.1, 0.15) is 0 Å². The second kappa shape index (κ2) is 6.65. The molecule has 2 N–H and O–H groups in total. The minimum absolute atomic E-state index is 0.0256. The summed E-state index contributed by atoms with van der Waals surface area (Å²) in [5.74, 6) is -0.890. The Bertz CT molecular complexity index is 676. The zero-order valence-electron chi connectivity index (χ0n) is 10.7. The third-order valence-electron chi connectivity index (χ3n) is 2.61. The Kier molecular flexibility index (Phi) is 4.88. The van der Waals surface area contributed by atoms with E-state index in [9.17, 15) is 9.90 Å². The van der Waals surface area contributed by atoms with Crippen molar-refractivity contribution in [2.45, 2.75) is 6.42 Å². The summed E-state index contributed by atoms with van der Waals surface area (Å²) in [7, 11) is 0. The molecule has 7 heteroatoms. The van der Waals surface area contributed by atoms with Crippen molar-refractivity contribution in [1.29, 1.82) is 0 Å². The van der Waals surface area contributed by atoms with Gasteiger partial charge in [-0.25, -0.2) is 0 Å². The number of carbonyl (C=O) groups is 1. The zero-order valence-corrected chi connectivity index (χ0v) is 12.2. The van der Waals surface area contributed by atoms with E-state index in [4.69, 9.17) is 33.0 Å². The zero-order chi connectivity index (χ0) is 15.4. The van der Waals surface area contributed by atoms with Gasteiger partial charge in [-0.3, -0.25) is 9.78 Å². The van der Waals surface area contributed by atoms with Gasteiger partial charge in [0, 0.05) is 11.8 Å². The number of rotatable bonds is 5. The van der Waals surface area contributed by atoms with Gasteiger partial charge in [0.2, 0.25) is 0 Å². The molecule has 0 saturated carbocycles. The first-order chi connectivity index (χ1) is 9.97. The van der Waals surface area contributed by atoms with Crippen LogP contribution in [-0.4, -0.2) is 27.8 Å². The Balaban J connectivity index is 2.20. The van der Waals surface area contributed by atoms with E-state index in [0.717, 1.165) is 0 Å². The van der Waals surface area contributed by atoms with Crippen LogP contribution >= 0.6 is 23.2 Å². The Morgan fingerprint density at radius 3 is 2.67 bits per heavy atom. The van der Waals surface area contributed by atoms with Gasteiger partial charge < -0.3 is 14.9 Å². The lowest BCUT2D eigenvalue weighted by Gasteiger charge is -2.09. The van der Waals surface area contributed by atoms with Crippen LogP contribution in [0.4, 0.5) is 0 Å². The molecule has 2 rings (SSSR count). The number of ether oxygens (including phenoxy) is 1. The van der Waals surface area contributed by atoms with Crippen molar-refractivity contribution in [1.82, 2.24) is 4.98 Å². The standard InChI is InChI=1S/C14H11Cl2NO4/c15-9-6-10(16)14(17-7-9)8-1-2-12(11(18)5-8)21-4-3-13(19)20/h1-2,5-7,18H,3-4H2,(H,19,20). The van der Waals surface area contributed by atoms with Crippen LogP contribution in [-0.2, 0) is 4.79 Å². The summed E-state index contributed by atoms with van der Waals surface area (Å²) < 4.78 is 5.18. The number of pyridine rings is 1. The predicted octanol–water partition coefficient (Wildman–Crippen LogP) is 3.61. The summed E-state index contributed by atoms with van der Waals surface area (Å²) in [6, 6.07) is 6.19. The van der Waals surface area contributed by atoms with Crippen LogP contribution in [0.15, 0.2) is 30.5 Å². The summed E-state index contributed by atoms with van der Waals surface area (Å²) in [5, 5.41) is 19.2. The molecule has 2 aromatic rings. The number of carboxylic acids is 1. The smallest absolute Gasteiger partial charge is 0.306 e. The van der Waals surface area contributed by atoms with Crippen LogP contribution in [0.2, 0.25) is 10.0 Å². The van der Waals surface area contributed by atoms with E-state index in [1.54, 1.807) is 12.1 Å². The average molecular weight is 328 g/mol. The van der Waals surface area contributed by atoms with E-state index in [-0.39, 0.29) is 24.5 Å². The molecule has 110 valence electrons. The number of halogens is 2. The molecule has 1 aromatic heterocycles. The molecule has 1 heterocycles. The van der Waals surface area contributed by atoms with Crippen LogP contribution in [0.5, 0.6) is 11.5 Å². The number of aromatic hydroxyl groups is 1. The first kappa shape index (κ1) is 15.4. The summed E-state index contributed by atoms with van der Waals surface area (Å²) in [4.78, 5) is 14.5. The molecule has 0 spiro atoms. The molecule has 0 aliphatic carbocycles. The maximum atomic E-state index is 10.4. The van der Waals surface area contributed by atoms with Gasteiger partial charge in [-0.1, -0.05) is 23.2 Å². The molecule has 1 aromatic carbocycles. The van der Waals surface area contributed by atoms with Crippen molar-refractivity contribution in [2.75, 3.05) is 6.61 Å². The molecule has 0 atom stereocenters. The van der Waals surface area contributed by atoms with E-state index in [1.807, 2.05) is 0 Å². The Morgan fingerprint density at radius 1 is 1.29 bits per heavy atom. The fourth-order valence-electron chi connectivity index (χ4n) is 1.66. The number of benzene rings is 1. The highest BCUT2D eigenvalue weighted by atomic mass is 35.5. The van der Waals surface area contributed by atoms with Crippen molar-refractivity contribution < 1.29 is 19.7 Å². The quantitative estimate of drug-likeness (QED) is 0.876. The molecule has 5 nitrogen and oxygen atoms in total. The number of nitrogens with zero attached hydrogens (tertiary/aromatic N) is 1.